The number of hydrogen-bond acceptors (Lipinski definition) is 1. The van der Waals surface area contributed by atoms with E-state index in [1.165, 1.54) is 44.9 Å². The molecule has 4 aliphatic rings. The van der Waals surface area contributed by atoms with E-state index in [-0.39, 0.29) is 0 Å². The van der Waals surface area contributed by atoms with E-state index in [0.717, 1.165) is 42.8 Å². The molecular formula is C22H32O. The second-order valence-corrected chi connectivity index (χ2v) is 9.18. The molecule has 0 bridgehead atoms. The lowest BCUT2D eigenvalue weighted by molar-refractivity contribution is -0.108. The largest absolute Gasteiger partial charge is 0.303 e. The molecule has 6 atom stereocenters. The van der Waals surface area contributed by atoms with E-state index < -0.39 is 0 Å². The lowest BCUT2D eigenvalue weighted by atomic mass is 9.48. The van der Waals surface area contributed by atoms with Crippen LogP contribution in [0.3, 0.4) is 0 Å². The van der Waals surface area contributed by atoms with Crippen LogP contribution in [0.1, 0.15) is 71.6 Å². The van der Waals surface area contributed by atoms with Gasteiger partial charge in [0.1, 0.15) is 6.29 Å². The number of allylic oxidation sites excluding steroid dienone is 4. The Morgan fingerprint density at radius 2 is 2.04 bits per heavy atom. The molecule has 0 spiro atoms. The summed E-state index contributed by atoms with van der Waals surface area (Å²) < 4.78 is 0. The maximum absolute atomic E-state index is 10.8. The van der Waals surface area contributed by atoms with E-state index in [1.54, 1.807) is 5.57 Å². The average molecular weight is 312 g/mol. The van der Waals surface area contributed by atoms with Crippen molar-refractivity contribution in [1.29, 1.82) is 0 Å². The predicted octanol–water partition coefficient (Wildman–Crippen LogP) is 5.71. The summed E-state index contributed by atoms with van der Waals surface area (Å²) in [6.45, 7) is 5.11. The third-order valence-electron chi connectivity index (χ3n) is 8.40. The van der Waals surface area contributed by atoms with Gasteiger partial charge in [0.15, 0.2) is 0 Å². The number of carbonyl (C=O) groups is 1. The molecule has 0 aliphatic heterocycles. The van der Waals surface area contributed by atoms with Gasteiger partial charge in [0.05, 0.1) is 0 Å². The molecule has 4 aliphatic carbocycles. The topological polar surface area (TPSA) is 17.1 Å². The van der Waals surface area contributed by atoms with Crippen LogP contribution in [0.4, 0.5) is 0 Å². The van der Waals surface area contributed by atoms with Crippen molar-refractivity contribution in [3.8, 4) is 0 Å². The summed E-state index contributed by atoms with van der Waals surface area (Å²) in [5.41, 5.74) is 2.57. The quantitative estimate of drug-likeness (QED) is 0.610. The minimum atomic E-state index is 0.444. The lowest BCUT2D eigenvalue weighted by Gasteiger charge is -2.56. The number of aldehydes is 1. The highest BCUT2D eigenvalue weighted by atomic mass is 16.1. The Morgan fingerprint density at radius 3 is 2.87 bits per heavy atom. The van der Waals surface area contributed by atoms with Gasteiger partial charge in [-0.05, 0) is 91.4 Å². The summed E-state index contributed by atoms with van der Waals surface area (Å²) in [6.07, 6.45) is 20.2. The standard InChI is InChI=1S/C22H32O/c1-21-13-4-3-6-16(21)8-10-18-19-11-9-17(7-5-15-23)22(19,2)14-12-20(18)21/h6,8,10,15,17-20H,3-5,7,9,11-14H2,1-2H3/t17-,18-,19-,20-,21-,22+/m0/s1. The van der Waals surface area contributed by atoms with Gasteiger partial charge in [-0.1, -0.05) is 32.1 Å². The normalized spacial score (nSPS) is 48.2. The third kappa shape index (κ3) is 2.22. The Labute approximate surface area is 141 Å². The molecule has 23 heavy (non-hydrogen) atoms. The predicted molar refractivity (Wildman–Crippen MR) is 95.0 cm³/mol. The van der Waals surface area contributed by atoms with E-state index in [9.17, 15) is 4.79 Å². The number of fused-ring (bicyclic) bond motifs is 5. The molecule has 2 saturated carbocycles. The minimum absolute atomic E-state index is 0.444. The molecule has 0 N–H and O–H groups in total. The molecule has 0 aromatic rings. The molecule has 1 heteroatoms. The van der Waals surface area contributed by atoms with Crippen molar-refractivity contribution in [3.05, 3.63) is 23.8 Å². The van der Waals surface area contributed by atoms with Crippen molar-refractivity contribution in [3.63, 3.8) is 0 Å². The lowest BCUT2D eigenvalue weighted by Crippen LogP contribution is -2.48. The first kappa shape index (κ1) is 15.7. The monoisotopic (exact) mass is 312 g/mol. The molecule has 4 rings (SSSR count). The highest BCUT2D eigenvalue weighted by Gasteiger charge is 2.57. The van der Waals surface area contributed by atoms with E-state index in [2.05, 4.69) is 32.1 Å². The minimum Gasteiger partial charge on any atom is -0.303 e. The molecule has 2 fully saturated rings. The smallest absolute Gasteiger partial charge is 0.120 e. The van der Waals surface area contributed by atoms with Crippen molar-refractivity contribution in [2.45, 2.75) is 71.6 Å². The maximum atomic E-state index is 10.8. The van der Waals surface area contributed by atoms with E-state index >= 15 is 0 Å². The first-order chi connectivity index (χ1) is 11.1. The Hall–Kier alpha value is -0.850. The Bertz CT molecular complexity index is 544. The molecule has 0 aromatic carbocycles. The zero-order chi connectivity index (χ0) is 16.1. The van der Waals surface area contributed by atoms with Crippen LogP contribution in [0.15, 0.2) is 23.8 Å². The van der Waals surface area contributed by atoms with Crippen LogP contribution < -0.4 is 0 Å². The van der Waals surface area contributed by atoms with Gasteiger partial charge in [-0.2, -0.15) is 0 Å². The zero-order valence-corrected chi connectivity index (χ0v) is 14.9. The Balaban J connectivity index is 1.63. The van der Waals surface area contributed by atoms with Gasteiger partial charge in [-0.3, -0.25) is 0 Å². The molecule has 0 unspecified atom stereocenters. The summed E-state index contributed by atoms with van der Waals surface area (Å²) in [6, 6.07) is 0. The van der Waals surface area contributed by atoms with E-state index in [1.807, 2.05) is 0 Å². The molecule has 1 nitrogen and oxygen atoms in total. The molecule has 0 radical (unpaired) electrons. The second-order valence-electron chi connectivity index (χ2n) is 9.18. The van der Waals surface area contributed by atoms with Gasteiger partial charge in [-0.25, -0.2) is 0 Å². The van der Waals surface area contributed by atoms with Crippen molar-refractivity contribution in [2.75, 3.05) is 0 Å². The fourth-order valence-electron chi connectivity index (χ4n) is 7.04. The highest BCUT2D eigenvalue weighted by molar-refractivity contribution is 5.49. The summed E-state index contributed by atoms with van der Waals surface area (Å²) >= 11 is 0. The Morgan fingerprint density at radius 1 is 1.17 bits per heavy atom. The molecular weight excluding hydrogens is 280 g/mol. The summed E-state index contributed by atoms with van der Waals surface area (Å²) in [7, 11) is 0. The van der Waals surface area contributed by atoms with Crippen molar-refractivity contribution in [2.24, 2.45) is 34.5 Å². The average Bonchev–Trinajstić information content (AvgIpc) is 2.89. The molecule has 126 valence electrons. The van der Waals surface area contributed by atoms with Crippen molar-refractivity contribution >= 4 is 6.29 Å². The van der Waals surface area contributed by atoms with E-state index in [0.29, 0.717) is 10.8 Å². The van der Waals surface area contributed by atoms with Gasteiger partial charge < -0.3 is 4.79 Å². The first-order valence-electron chi connectivity index (χ1n) is 9.92. The number of rotatable bonds is 3. The maximum Gasteiger partial charge on any atom is 0.120 e. The fraction of sp³-hybridized carbons (Fsp3) is 0.773. The third-order valence-corrected chi connectivity index (χ3v) is 8.40. The molecule has 0 aromatic heterocycles. The highest BCUT2D eigenvalue weighted by Crippen LogP contribution is 2.65. The van der Waals surface area contributed by atoms with Gasteiger partial charge in [0.25, 0.3) is 0 Å². The summed E-state index contributed by atoms with van der Waals surface area (Å²) in [5, 5.41) is 0. The Kier molecular flexibility index (Phi) is 3.82. The van der Waals surface area contributed by atoms with Gasteiger partial charge in [0.2, 0.25) is 0 Å². The van der Waals surface area contributed by atoms with Crippen molar-refractivity contribution in [1.82, 2.24) is 0 Å². The van der Waals surface area contributed by atoms with Crippen LogP contribution in [0.2, 0.25) is 0 Å². The second kappa shape index (κ2) is 5.60. The molecule has 0 amide bonds. The first-order valence-corrected chi connectivity index (χ1v) is 9.92. The number of carbonyl (C=O) groups excluding carboxylic acids is 1. The van der Waals surface area contributed by atoms with Crippen LogP contribution in [0, 0.1) is 34.5 Å². The van der Waals surface area contributed by atoms with Crippen LogP contribution in [0.25, 0.3) is 0 Å². The van der Waals surface area contributed by atoms with Crippen LogP contribution in [-0.4, -0.2) is 6.29 Å². The number of hydrogen-bond donors (Lipinski definition) is 0. The van der Waals surface area contributed by atoms with Crippen molar-refractivity contribution < 1.29 is 4.79 Å². The van der Waals surface area contributed by atoms with Gasteiger partial charge >= 0.3 is 0 Å². The van der Waals surface area contributed by atoms with Crippen LogP contribution in [0.5, 0.6) is 0 Å². The fourth-order valence-corrected chi connectivity index (χ4v) is 7.04. The molecule has 0 heterocycles. The zero-order valence-electron chi connectivity index (χ0n) is 14.9. The van der Waals surface area contributed by atoms with E-state index in [4.69, 9.17) is 0 Å². The molecule has 0 saturated heterocycles. The van der Waals surface area contributed by atoms with Gasteiger partial charge in [0, 0.05) is 6.42 Å². The van der Waals surface area contributed by atoms with Crippen LogP contribution in [-0.2, 0) is 4.79 Å². The van der Waals surface area contributed by atoms with Crippen LogP contribution >= 0.6 is 0 Å². The van der Waals surface area contributed by atoms with Gasteiger partial charge in [-0.15, -0.1) is 0 Å². The SMILES string of the molecule is C[C@]12CC[C@H]3[C@@H](C=CC4=CCCC[C@@]43C)[C@@H]1CC[C@@H]2CCC=O. The summed E-state index contributed by atoms with van der Waals surface area (Å²) in [5.74, 6) is 3.29. The summed E-state index contributed by atoms with van der Waals surface area (Å²) in [4.78, 5) is 10.8.